The third kappa shape index (κ3) is 2.26. The van der Waals surface area contributed by atoms with E-state index in [2.05, 4.69) is 15.1 Å². The molecule has 0 radical (unpaired) electrons. The third-order valence-corrected chi connectivity index (χ3v) is 4.26. The molecule has 2 aromatic heterocycles. The van der Waals surface area contributed by atoms with Crippen molar-refractivity contribution in [3.8, 4) is 0 Å². The molecule has 6 nitrogen and oxygen atoms in total. The standard InChI is InChI=1S/C16H17N5O/c22-16(12-4-5-14-15(9-12)18-11-17-14)21-8-1-3-13(21)10-20-7-2-6-19-20/h2,4-7,9,11,13H,1,3,8,10H2,(H,17,18)/t13-/m0/s1. The minimum absolute atomic E-state index is 0.0890. The molecule has 1 aliphatic rings. The third-order valence-electron chi connectivity index (χ3n) is 4.26. The molecule has 1 saturated heterocycles. The Morgan fingerprint density at radius 2 is 2.36 bits per heavy atom. The zero-order valence-electron chi connectivity index (χ0n) is 12.1. The summed E-state index contributed by atoms with van der Waals surface area (Å²) in [4.78, 5) is 22.0. The van der Waals surface area contributed by atoms with E-state index in [4.69, 9.17) is 0 Å². The maximum absolute atomic E-state index is 12.8. The molecule has 1 aromatic carbocycles. The molecule has 1 N–H and O–H groups in total. The van der Waals surface area contributed by atoms with Gasteiger partial charge in [-0.1, -0.05) is 0 Å². The van der Waals surface area contributed by atoms with Crippen molar-refractivity contribution in [2.24, 2.45) is 0 Å². The molecule has 22 heavy (non-hydrogen) atoms. The van der Waals surface area contributed by atoms with Crippen LogP contribution in [0.4, 0.5) is 0 Å². The first-order valence-electron chi connectivity index (χ1n) is 7.53. The van der Waals surface area contributed by atoms with Crippen molar-refractivity contribution in [1.29, 1.82) is 0 Å². The number of H-pyrrole nitrogens is 1. The average Bonchev–Trinajstić information content (AvgIpc) is 3.27. The number of likely N-dealkylation sites (tertiary alicyclic amines) is 1. The van der Waals surface area contributed by atoms with Crippen molar-refractivity contribution >= 4 is 16.9 Å². The van der Waals surface area contributed by atoms with Gasteiger partial charge < -0.3 is 9.88 Å². The van der Waals surface area contributed by atoms with Crippen LogP contribution < -0.4 is 0 Å². The van der Waals surface area contributed by atoms with E-state index in [0.29, 0.717) is 5.56 Å². The lowest BCUT2D eigenvalue weighted by Crippen LogP contribution is -2.38. The first kappa shape index (κ1) is 13.1. The first-order valence-corrected chi connectivity index (χ1v) is 7.53. The number of carbonyl (C=O) groups is 1. The molecule has 1 amide bonds. The van der Waals surface area contributed by atoms with Crippen molar-refractivity contribution in [2.75, 3.05) is 6.54 Å². The van der Waals surface area contributed by atoms with Gasteiger partial charge >= 0.3 is 0 Å². The Morgan fingerprint density at radius 1 is 1.41 bits per heavy atom. The number of benzene rings is 1. The fourth-order valence-corrected chi connectivity index (χ4v) is 3.15. The summed E-state index contributed by atoms with van der Waals surface area (Å²) < 4.78 is 1.90. The van der Waals surface area contributed by atoms with E-state index in [1.54, 1.807) is 12.5 Å². The summed E-state index contributed by atoms with van der Waals surface area (Å²) in [7, 11) is 0. The molecule has 0 aliphatic carbocycles. The maximum atomic E-state index is 12.8. The molecule has 1 aliphatic heterocycles. The predicted molar refractivity (Wildman–Crippen MR) is 82.4 cm³/mol. The predicted octanol–water partition coefficient (Wildman–Crippen LogP) is 2.06. The summed E-state index contributed by atoms with van der Waals surface area (Å²) in [6, 6.07) is 7.75. The molecular formula is C16H17N5O. The number of aromatic amines is 1. The monoisotopic (exact) mass is 295 g/mol. The Morgan fingerprint density at radius 3 is 3.23 bits per heavy atom. The van der Waals surface area contributed by atoms with Crippen LogP contribution in [0.2, 0.25) is 0 Å². The van der Waals surface area contributed by atoms with Crippen LogP contribution in [0.1, 0.15) is 23.2 Å². The van der Waals surface area contributed by atoms with E-state index in [1.807, 2.05) is 40.0 Å². The van der Waals surface area contributed by atoms with Crippen LogP contribution in [0, 0.1) is 0 Å². The summed E-state index contributed by atoms with van der Waals surface area (Å²) in [5.41, 5.74) is 2.49. The lowest BCUT2D eigenvalue weighted by Gasteiger charge is -2.24. The van der Waals surface area contributed by atoms with Gasteiger partial charge in [0.05, 0.1) is 29.9 Å². The normalized spacial score (nSPS) is 18.2. The Hall–Kier alpha value is -2.63. The van der Waals surface area contributed by atoms with Crippen LogP contribution in [0.25, 0.3) is 11.0 Å². The van der Waals surface area contributed by atoms with Crippen molar-refractivity contribution in [3.63, 3.8) is 0 Å². The lowest BCUT2D eigenvalue weighted by molar-refractivity contribution is 0.0722. The molecule has 4 rings (SSSR count). The molecule has 3 aromatic rings. The second kappa shape index (κ2) is 5.29. The molecule has 0 spiro atoms. The molecule has 0 unspecified atom stereocenters. The number of hydrogen-bond acceptors (Lipinski definition) is 3. The Bertz CT molecular complexity index is 792. The molecule has 1 atom stereocenters. The summed E-state index contributed by atoms with van der Waals surface area (Å²) in [5.74, 6) is 0.0890. The van der Waals surface area contributed by atoms with Crippen LogP contribution in [0.3, 0.4) is 0 Å². The van der Waals surface area contributed by atoms with Gasteiger partial charge in [-0.2, -0.15) is 5.10 Å². The number of aromatic nitrogens is 4. The van der Waals surface area contributed by atoms with E-state index >= 15 is 0 Å². The summed E-state index contributed by atoms with van der Waals surface area (Å²) in [6.07, 6.45) is 7.43. The molecule has 3 heterocycles. The number of amides is 1. The van der Waals surface area contributed by atoms with Crippen molar-refractivity contribution in [1.82, 2.24) is 24.6 Å². The molecule has 1 fully saturated rings. The van der Waals surface area contributed by atoms with E-state index in [0.717, 1.165) is 37.0 Å². The van der Waals surface area contributed by atoms with Crippen LogP contribution in [-0.4, -0.2) is 43.1 Å². The minimum Gasteiger partial charge on any atom is -0.345 e. The first-order chi connectivity index (χ1) is 10.8. The zero-order chi connectivity index (χ0) is 14.9. The highest BCUT2D eigenvalue weighted by Crippen LogP contribution is 2.22. The fraction of sp³-hybridized carbons (Fsp3) is 0.312. The summed E-state index contributed by atoms with van der Waals surface area (Å²) in [5, 5.41) is 4.25. The number of hydrogen-bond donors (Lipinski definition) is 1. The molecular weight excluding hydrogens is 278 g/mol. The second-order valence-electron chi connectivity index (χ2n) is 5.66. The van der Waals surface area contributed by atoms with Gasteiger partial charge in [0.25, 0.3) is 5.91 Å². The van der Waals surface area contributed by atoms with Crippen molar-refractivity contribution in [3.05, 3.63) is 48.5 Å². The van der Waals surface area contributed by atoms with E-state index in [-0.39, 0.29) is 11.9 Å². The lowest BCUT2D eigenvalue weighted by atomic mass is 10.1. The molecule has 0 saturated carbocycles. The van der Waals surface area contributed by atoms with Crippen LogP contribution in [-0.2, 0) is 6.54 Å². The van der Waals surface area contributed by atoms with Crippen LogP contribution in [0.15, 0.2) is 43.0 Å². The minimum atomic E-state index is 0.0890. The van der Waals surface area contributed by atoms with Crippen molar-refractivity contribution in [2.45, 2.75) is 25.4 Å². The topological polar surface area (TPSA) is 66.8 Å². The van der Waals surface area contributed by atoms with Gasteiger partial charge in [-0.3, -0.25) is 9.48 Å². The number of nitrogens with one attached hydrogen (secondary N) is 1. The van der Waals surface area contributed by atoms with Gasteiger partial charge in [0.1, 0.15) is 0 Å². The number of rotatable bonds is 3. The fourth-order valence-electron chi connectivity index (χ4n) is 3.15. The van der Waals surface area contributed by atoms with Gasteiger partial charge in [0, 0.05) is 24.5 Å². The Labute approximate surface area is 127 Å². The zero-order valence-corrected chi connectivity index (χ0v) is 12.1. The van der Waals surface area contributed by atoms with E-state index in [9.17, 15) is 4.79 Å². The maximum Gasteiger partial charge on any atom is 0.254 e. The molecule has 0 bridgehead atoms. The second-order valence-corrected chi connectivity index (χ2v) is 5.66. The number of nitrogens with zero attached hydrogens (tertiary/aromatic N) is 4. The Kier molecular flexibility index (Phi) is 3.14. The highest BCUT2D eigenvalue weighted by Gasteiger charge is 2.29. The van der Waals surface area contributed by atoms with E-state index < -0.39 is 0 Å². The SMILES string of the molecule is O=C(c1ccc2nc[nH]c2c1)N1CCC[C@H]1Cn1cccn1. The highest BCUT2D eigenvalue weighted by atomic mass is 16.2. The van der Waals surface area contributed by atoms with Crippen molar-refractivity contribution < 1.29 is 4.79 Å². The average molecular weight is 295 g/mol. The van der Waals surface area contributed by atoms with Gasteiger partial charge in [-0.05, 0) is 37.1 Å². The number of fused-ring (bicyclic) bond motifs is 1. The quantitative estimate of drug-likeness (QED) is 0.804. The largest absolute Gasteiger partial charge is 0.345 e. The van der Waals surface area contributed by atoms with Gasteiger partial charge in [0.15, 0.2) is 0 Å². The molecule has 112 valence electrons. The van der Waals surface area contributed by atoms with Gasteiger partial charge in [-0.25, -0.2) is 4.98 Å². The summed E-state index contributed by atoms with van der Waals surface area (Å²) in [6.45, 7) is 1.57. The summed E-state index contributed by atoms with van der Waals surface area (Å²) >= 11 is 0. The van der Waals surface area contributed by atoms with E-state index in [1.165, 1.54) is 0 Å². The van der Waals surface area contributed by atoms with Gasteiger partial charge in [-0.15, -0.1) is 0 Å². The smallest absolute Gasteiger partial charge is 0.254 e. The van der Waals surface area contributed by atoms with Crippen LogP contribution in [0.5, 0.6) is 0 Å². The van der Waals surface area contributed by atoms with Gasteiger partial charge in [0.2, 0.25) is 0 Å². The Balaban J connectivity index is 1.57. The number of imidazole rings is 1. The van der Waals surface area contributed by atoms with Crippen LogP contribution >= 0.6 is 0 Å². The number of carbonyl (C=O) groups excluding carboxylic acids is 1. The molecule has 6 heteroatoms. The highest BCUT2D eigenvalue weighted by molar-refractivity contribution is 5.97.